The number of anilines is 3. The molecule has 3 heteroatoms. The lowest BCUT2D eigenvalue weighted by atomic mass is 10.2. The highest BCUT2D eigenvalue weighted by molar-refractivity contribution is 5.67. The van der Waals surface area contributed by atoms with Crippen LogP contribution in [0.15, 0.2) is 78.9 Å². The number of ether oxygens (including phenoxy) is 1. The van der Waals surface area contributed by atoms with Gasteiger partial charge in [0.15, 0.2) is 5.75 Å². The van der Waals surface area contributed by atoms with Gasteiger partial charge in [0, 0.05) is 5.69 Å². The Balaban J connectivity index is 1.88. The first-order valence-corrected chi connectivity index (χ1v) is 6.76. The van der Waals surface area contributed by atoms with Crippen LogP contribution in [0.2, 0.25) is 0 Å². The molecule has 0 aliphatic rings. The first-order valence-electron chi connectivity index (χ1n) is 6.76. The highest BCUT2D eigenvalue weighted by Gasteiger charge is 2.06. The van der Waals surface area contributed by atoms with Crippen molar-refractivity contribution in [2.45, 2.75) is 0 Å². The van der Waals surface area contributed by atoms with E-state index in [1.54, 1.807) is 0 Å². The van der Waals surface area contributed by atoms with E-state index in [-0.39, 0.29) is 0 Å². The molecule has 0 saturated heterocycles. The summed E-state index contributed by atoms with van der Waals surface area (Å²) in [6.07, 6.45) is 0. The second-order valence-corrected chi connectivity index (χ2v) is 4.63. The highest BCUT2D eigenvalue weighted by atomic mass is 16.5. The Morgan fingerprint density at radius 2 is 1.29 bits per heavy atom. The van der Waals surface area contributed by atoms with Gasteiger partial charge in [0.2, 0.25) is 0 Å². The van der Waals surface area contributed by atoms with Gasteiger partial charge in [0.25, 0.3) is 0 Å². The quantitative estimate of drug-likeness (QED) is 0.672. The minimum atomic E-state index is 0.618. The number of nitrogen functional groups attached to an aromatic ring is 1. The summed E-state index contributed by atoms with van der Waals surface area (Å²) in [7, 11) is 0. The normalized spacial score (nSPS) is 10.1. The third-order valence-corrected chi connectivity index (χ3v) is 3.08. The van der Waals surface area contributed by atoms with E-state index in [9.17, 15) is 0 Å². The van der Waals surface area contributed by atoms with Crippen LogP contribution in [0.3, 0.4) is 0 Å². The Bertz CT molecular complexity index is 726. The molecule has 3 nitrogen and oxygen atoms in total. The second-order valence-electron chi connectivity index (χ2n) is 4.63. The van der Waals surface area contributed by atoms with E-state index in [0.29, 0.717) is 11.4 Å². The van der Waals surface area contributed by atoms with E-state index in [0.717, 1.165) is 17.1 Å². The number of hydrogen-bond donors (Lipinski definition) is 2. The topological polar surface area (TPSA) is 47.3 Å². The molecule has 0 radical (unpaired) electrons. The molecule has 104 valence electrons. The fourth-order valence-corrected chi connectivity index (χ4v) is 2.03. The molecule has 0 spiro atoms. The van der Waals surface area contributed by atoms with Gasteiger partial charge in [-0.2, -0.15) is 0 Å². The first-order chi connectivity index (χ1) is 10.3. The van der Waals surface area contributed by atoms with Crippen molar-refractivity contribution in [3.8, 4) is 11.5 Å². The zero-order valence-corrected chi connectivity index (χ0v) is 11.5. The van der Waals surface area contributed by atoms with Gasteiger partial charge in [-0.15, -0.1) is 0 Å². The Hall–Kier alpha value is -2.94. The third kappa shape index (κ3) is 3.15. The van der Waals surface area contributed by atoms with E-state index in [1.807, 2.05) is 78.9 Å². The Morgan fingerprint density at radius 1 is 0.667 bits per heavy atom. The number of nitrogens with two attached hydrogens (primary N) is 1. The summed E-state index contributed by atoms with van der Waals surface area (Å²) >= 11 is 0. The zero-order chi connectivity index (χ0) is 14.5. The minimum absolute atomic E-state index is 0.618. The van der Waals surface area contributed by atoms with E-state index < -0.39 is 0 Å². The molecular formula is C18H16N2O. The molecule has 21 heavy (non-hydrogen) atoms. The fourth-order valence-electron chi connectivity index (χ4n) is 2.03. The van der Waals surface area contributed by atoms with E-state index >= 15 is 0 Å². The van der Waals surface area contributed by atoms with Gasteiger partial charge in [0.1, 0.15) is 5.75 Å². The summed E-state index contributed by atoms with van der Waals surface area (Å²) in [6, 6.07) is 25.2. The summed E-state index contributed by atoms with van der Waals surface area (Å²) in [6.45, 7) is 0. The maximum absolute atomic E-state index is 5.93. The lowest BCUT2D eigenvalue weighted by Crippen LogP contribution is -1.96. The monoisotopic (exact) mass is 276 g/mol. The smallest absolute Gasteiger partial charge is 0.150 e. The molecule has 3 rings (SSSR count). The van der Waals surface area contributed by atoms with Crippen LogP contribution in [0.25, 0.3) is 0 Å². The largest absolute Gasteiger partial charge is 0.453 e. The fraction of sp³-hybridized carbons (Fsp3) is 0. The average Bonchev–Trinajstić information content (AvgIpc) is 2.52. The van der Waals surface area contributed by atoms with Crippen molar-refractivity contribution < 1.29 is 4.74 Å². The first kappa shape index (κ1) is 13.1. The predicted molar refractivity (Wildman–Crippen MR) is 87.1 cm³/mol. The van der Waals surface area contributed by atoms with Gasteiger partial charge < -0.3 is 15.8 Å². The van der Waals surface area contributed by atoms with Crippen LogP contribution in [-0.4, -0.2) is 0 Å². The maximum atomic E-state index is 5.93. The summed E-state index contributed by atoms with van der Waals surface area (Å²) < 4.78 is 5.92. The van der Waals surface area contributed by atoms with E-state index in [4.69, 9.17) is 10.5 Å². The van der Waals surface area contributed by atoms with Crippen LogP contribution in [0.4, 0.5) is 17.1 Å². The summed E-state index contributed by atoms with van der Waals surface area (Å²) in [4.78, 5) is 0. The molecule has 0 amide bonds. The van der Waals surface area contributed by atoms with E-state index in [2.05, 4.69) is 5.32 Å². The summed E-state index contributed by atoms with van der Waals surface area (Å²) in [5.41, 5.74) is 8.45. The summed E-state index contributed by atoms with van der Waals surface area (Å²) in [5, 5.41) is 3.35. The third-order valence-electron chi connectivity index (χ3n) is 3.08. The number of hydrogen-bond acceptors (Lipinski definition) is 3. The lowest BCUT2D eigenvalue weighted by molar-refractivity contribution is 0.487. The minimum Gasteiger partial charge on any atom is -0.453 e. The zero-order valence-electron chi connectivity index (χ0n) is 11.5. The van der Waals surface area contributed by atoms with Crippen molar-refractivity contribution in [1.29, 1.82) is 0 Å². The number of benzene rings is 3. The van der Waals surface area contributed by atoms with Crippen molar-refractivity contribution in [3.05, 3.63) is 78.9 Å². The number of rotatable bonds is 4. The van der Waals surface area contributed by atoms with Crippen LogP contribution in [0.1, 0.15) is 0 Å². The summed E-state index contributed by atoms with van der Waals surface area (Å²) in [5.74, 6) is 1.39. The molecule has 0 atom stereocenters. The van der Waals surface area contributed by atoms with Crippen molar-refractivity contribution in [3.63, 3.8) is 0 Å². The molecule has 3 N–H and O–H groups in total. The number of para-hydroxylation sites is 5. The van der Waals surface area contributed by atoms with Crippen LogP contribution < -0.4 is 15.8 Å². The van der Waals surface area contributed by atoms with Gasteiger partial charge in [-0.05, 0) is 36.4 Å². The van der Waals surface area contributed by atoms with Gasteiger partial charge in [-0.1, -0.05) is 42.5 Å². The predicted octanol–water partition coefficient (Wildman–Crippen LogP) is 4.80. The standard InChI is InChI=1S/C18H16N2O/c19-15-10-4-6-12-17(15)21-18-13-7-5-11-16(18)20-14-8-2-1-3-9-14/h1-13,20H,19H2. The average molecular weight is 276 g/mol. The Labute approximate surface area is 124 Å². The van der Waals surface area contributed by atoms with Crippen LogP contribution in [0, 0.1) is 0 Å². The molecule has 0 unspecified atom stereocenters. The van der Waals surface area contributed by atoms with Gasteiger partial charge in [-0.25, -0.2) is 0 Å². The van der Waals surface area contributed by atoms with Crippen LogP contribution in [0.5, 0.6) is 11.5 Å². The number of nitrogens with one attached hydrogen (secondary N) is 1. The lowest BCUT2D eigenvalue weighted by Gasteiger charge is -2.14. The van der Waals surface area contributed by atoms with Crippen molar-refractivity contribution in [2.75, 3.05) is 11.1 Å². The van der Waals surface area contributed by atoms with Crippen molar-refractivity contribution in [1.82, 2.24) is 0 Å². The second kappa shape index (κ2) is 6.01. The molecule has 0 bridgehead atoms. The maximum Gasteiger partial charge on any atom is 0.150 e. The molecule has 0 saturated carbocycles. The molecule has 3 aromatic rings. The SMILES string of the molecule is Nc1ccccc1Oc1ccccc1Nc1ccccc1. The molecule has 0 aliphatic heterocycles. The molecular weight excluding hydrogens is 260 g/mol. The molecule has 0 aromatic heterocycles. The Kier molecular flexibility index (Phi) is 3.74. The molecule has 0 fully saturated rings. The van der Waals surface area contributed by atoms with Crippen LogP contribution in [-0.2, 0) is 0 Å². The van der Waals surface area contributed by atoms with Gasteiger partial charge >= 0.3 is 0 Å². The van der Waals surface area contributed by atoms with Crippen LogP contribution >= 0.6 is 0 Å². The van der Waals surface area contributed by atoms with Gasteiger partial charge in [0.05, 0.1) is 11.4 Å². The van der Waals surface area contributed by atoms with Crippen molar-refractivity contribution >= 4 is 17.1 Å². The van der Waals surface area contributed by atoms with Gasteiger partial charge in [-0.3, -0.25) is 0 Å². The van der Waals surface area contributed by atoms with E-state index in [1.165, 1.54) is 0 Å². The molecule has 3 aromatic carbocycles. The molecule has 0 heterocycles. The van der Waals surface area contributed by atoms with Crippen molar-refractivity contribution in [2.24, 2.45) is 0 Å². The Morgan fingerprint density at radius 3 is 2.05 bits per heavy atom. The molecule has 0 aliphatic carbocycles. The highest BCUT2D eigenvalue weighted by Crippen LogP contribution is 2.33.